The zero-order chi connectivity index (χ0) is 14.0. The number of carbonyl (C=O) groups excluding carboxylic acids is 1. The molecule has 0 spiro atoms. The Bertz CT molecular complexity index is 459. The fraction of sp³-hybridized carbons (Fsp3) is 0.667. The number of rotatable bonds is 3. The molecule has 0 saturated heterocycles. The fourth-order valence-corrected chi connectivity index (χ4v) is 3.72. The second-order valence-electron chi connectivity index (χ2n) is 5.90. The van der Waals surface area contributed by atoms with Crippen LogP contribution < -0.4 is 5.32 Å². The van der Waals surface area contributed by atoms with E-state index < -0.39 is 5.54 Å². The Hall–Kier alpha value is -0.870. The second-order valence-corrected chi connectivity index (χ2v) is 7.36. The number of carbonyl (C=O) groups is 1. The molecule has 2 rings (SSSR count). The van der Waals surface area contributed by atoms with Crippen LogP contribution in [0.15, 0.2) is 6.07 Å². The lowest BCUT2D eigenvalue weighted by molar-refractivity contribution is 0.0717. The summed E-state index contributed by atoms with van der Waals surface area (Å²) in [6, 6.07) is 1.94. The Morgan fingerprint density at radius 3 is 2.58 bits per heavy atom. The molecule has 0 unspecified atom stereocenters. The minimum Gasteiger partial charge on any atom is -0.394 e. The number of amides is 1. The number of thiophene rings is 1. The normalized spacial score (nSPS) is 27.3. The van der Waals surface area contributed by atoms with Crippen LogP contribution in [0.25, 0.3) is 0 Å². The minimum absolute atomic E-state index is 0.0353. The zero-order valence-electron chi connectivity index (χ0n) is 12.0. The molecule has 1 saturated carbocycles. The Balaban J connectivity index is 2.10. The standard InChI is InChI=1S/C15H23NO2S/c1-10-4-6-15(9-17,7-5-10)16-14(18)13-8-11(2)19-12(13)3/h8,10,17H,4-7,9H2,1-3H3,(H,16,18). The smallest absolute Gasteiger partial charge is 0.252 e. The van der Waals surface area contributed by atoms with Crippen LogP contribution in [0.3, 0.4) is 0 Å². The summed E-state index contributed by atoms with van der Waals surface area (Å²) in [4.78, 5) is 14.6. The van der Waals surface area contributed by atoms with Crippen LogP contribution in [0, 0.1) is 19.8 Å². The van der Waals surface area contributed by atoms with Gasteiger partial charge in [0.2, 0.25) is 0 Å². The molecule has 0 aromatic carbocycles. The highest BCUT2D eigenvalue weighted by Gasteiger charge is 2.35. The predicted molar refractivity (Wildman–Crippen MR) is 78.7 cm³/mol. The van der Waals surface area contributed by atoms with Crippen molar-refractivity contribution in [3.63, 3.8) is 0 Å². The van der Waals surface area contributed by atoms with E-state index in [9.17, 15) is 9.90 Å². The monoisotopic (exact) mass is 281 g/mol. The zero-order valence-corrected chi connectivity index (χ0v) is 12.8. The van der Waals surface area contributed by atoms with E-state index in [2.05, 4.69) is 12.2 Å². The largest absolute Gasteiger partial charge is 0.394 e. The quantitative estimate of drug-likeness (QED) is 0.894. The molecular formula is C15H23NO2S. The molecule has 1 amide bonds. The molecule has 3 nitrogen and oxygen atoms in total. The van der Waals surface area contributed by atoms with Crippen molar-refractivity contribution in [3.05, 3.63) is 21.4 Å². The maximum atomic E-state index is 12.4. The van der Waals surface area contributed by atoms with Crippen molar-refractivity contribution in [2.75, 3.05) is 6.61 Å². The average molecular weight is 281 g/mol. The second kappa shape index (κ2) is 5.63. The molecule has 0 bridgehead atoms. The topological polar surface area (TPSA) is 49.3 Å². The van der Waals surface area contributed by atoms with Gasteiger partial charge in [0.1, 0.15) is 0 Å². The van der Waals surface area contributed by atoms with E-state index in [1.54, 1.807) is 11.3 Å². The summed E-state index contributed by atoms with van der Waals surface area (Å²) in [6.07, 6.45) is 3.89. The lowest BCUT2D eigenvalue weighted by Crippen LogP contribution is -2.53. The van der Waals surface area contributed by atoms with E-state index >= 15 is 0 Å². The molecule has 1 aliphatic carbocycles. The van der Waals surface area contributed by atoms with Crippen molar-refractivity contribution in [1.82, 2.24) is 5.32 Å². The summed E-state index contributed by atoms with van der Waals surface area (Å²) >= 11 is 1.64. The number of aryl methyl sites for hydroxylation is 2. The van der Waals surface area contributed by atoms with Gasteiger partial charge in [-0.1, -0.05) is 6.92 Å². The molecule has 0 aliphatic heterocycles. The Labute approximate surface area is 119 Å². The molecule has 19 heavy (non-hydrogen) atoms. The van der Waals surface area contributed by atoms with Gasteiger partial charge in [0.05, 0.1) is 17.7 Å². The Morgan fingerprint density at radius 2 is 2.11 bits per heavy atom. The van der Waals surface area contributed by atoms with Crippen molar-refractivity contribution < 1.29 is 9.90 Å². The molecule has 1 heterocycles. The molecule has 1 aromatic heterocycles. The van der Waals surface area contributed by atoms with Gasteiger partial charge in [-0.05, 0) is 51.5 Å². The van der Waals surface area contributed by atoms with E-state index in [1.165, 1.54) is 0 Å². The van der Waals surface area contributed by atoms with Gasteiger partial charge in [-0.25, -0.2) is 0 Å². The van der Waals surface area contributed by atoms with Crippen LogP contribution in [0.2, 0.25) is 0 Å². The van der Waals surface area contributed by atoms with Crippen molar-refractivity contribution in [2.45, 2.75) is 52.0 Å². The SMILES string of the molecule is Cc1cc(C(=O)NC2(CO)CCC(C)CC2)c(C)s1. The summed E-state index contributed by atoms with van der Waals surface area (Å²) in [5.74, 6) is 0.659. The molecular weight excluding hydrogens is 258 g/mol. The number of hydrogen-bond donors (Lipinski definition) is 2. The number of hydrogen-bond acceptors (Lipinski definition) is 3. The molecule has 0 atom stereocenters. The summed E-state index contributed by atoms with van der Waals surface area (Å²) in [5, 5.41) is 12.8. The molecule has 4 heteroatoms. The maximum Gasteiger partial charge on any atom is 0.252 e. The average Bonchev–Trinajstić information content (AvgIpc) is 2.72. The highest BCUT2D eigenvalue weighted by atomic mass is 32.1. The van der Waals surface area contributed by atoms with Crippen molar-refractivity contribution >= 4 is 17.2 Å². The van der Waals surface area contributed by atoms with Crippen LogP contribution in [0.4, 0.5) is 0 Å². The van der Waals surface area contributed by atoms with Gasteiger partial charge in [0.25, 0.3) is 5.91 Å². The van der Waals surface area contributed by atoms with E-state index in [0.29, 0.717) is 5.92 Å². The van der Waals surface area contributed by atoms with Crippen molar-refractivity contribution in [3.8, 4) is 0 Å². The van der Waals surface area contributed by atoms with Crippen LogP contribution in [0.1, 0.15) is 52.7 Å². The van der Waals surface area contributed by atoms with Gasteiger partial charge in [0, 0.05) is 9.75 Å². The molecule has 1 aliphatic rings. The van der Waals surface area contributed by atoms with Gasteiger partial charge >= 0.3 is 0 Å². The van der Waals surface area contributed by atoms with Gasteiger partial charge in [-0.15, -0.1) is 11.3 Å². The summed E-state index contributed by atoms with van der Waals surface area (Å²) in [5.41, 5.74) is 0.347. The molecule has 1 aromatic rings. The Kier molecular flexibility index (Phi) is 4.31. The predicted octanol–water partition coefficient (Wildman–Crippen LogP) is 3.04. The van der Waals surface area contributed by atoms with E-state index in [1.807, 2.05) is 19.9 Å². The third-order valence-corrected chi connectivity index (χ3v) is 5.16. The summed E-state index contributed by atoms with van der Waals surface area (Å²) in [7, 11) is 0. The first kappa shape index (κ1) is 14.5. The molecule has 0 radical (unpaired) electrons. The lowest BCUT2D eigenvalue weighted by atomic mass is 9.77. The van der Waals surface area contributed by atoms with Crippen LogP contribution >= 0.6 is 11.3 Å². The fourth-order valence-electron chi connectivity index (χ4n) is 2.80. The molecule has 1 fully saturated rings. The maximum absolute atomic E-state index is 12.4. The van der Waals surface area contributed by atoms with Crippen LogP contribution in [-0.4, -0.2) is 23.2 Å². The first-order valence-corrected chi connectivity index (χ1v) is 7.78. The van der Waals surface area contributed by atoms with Gasteiger partial charge in [0.15, 0.2) is 0 Å². The number of aliphatic hydroxyl groups excluding tert-OH is 1. The molecule has 106 valence electrons. The summed E-state index contributed by atoms with van der Waals surface area (Å²) in [6.45, 7) is 6.25. The number of aliphatic hydroxyl groups is 1. The van der Waals surface area contributed by atoms with Crippen LogP contribution in [0.5, 0.6) is 0 Å². The summed E-state index contributed by atoms with van der Waals surface area (Å²) < 4.78 is 0. The highest BCUT2D eigenvalue weighted by molar-refractivity contribution is 7.12. The van der Waals surface area contributed by atoms with E-state index in [0.717, 1.165) is 41.0 Å². The first-order valence-electron chi connectivity index (χ1n) is 6.96. The van der Waals surface area contributed by atoms with Crippen LogP contribution in [-0.2, 0) is 0 Å². The lowest BCUT2D eigenvalue weighted by Gasteiger charge is -2.38. The van der Waals surface area contributed by atoms with Gasteiger partial charge < -0.3 is 10.4 Å². The number of nitrogens with one attached hydrogen (secondary N) is 1. The molecule has 2 N–H and O–H groups in total. The highest BCUT2D eigenvalue weighted by Crippen LogP contribution is 2.32. The van der Waals surface area contributed by atoms with Gasteiger partial charge in [-0.2, -0.15) is 0 Å². The van der Waals surface area contributed by atoms with Gasteiger partial charge in [-0.3, -0.25) is 4.79 Å². The minimum atomic E-state index is -0.411. The van der Waals surface area contributed by atoms with Crippen molar-refractivity contribution in [2.24, 2.45) is 5.92 Å². The van der Waals surface area contributed by atoms with E-state index in [-0.39, 0.29) is 12.5 Å². The van der Waals surface area contributed by atoms with E-state index in [4.69, 9.17) is 0 Å². The third-order valence-electron chi connectivity index (χ3n) is 4.20. The Morgan fingerprint density at radius 1 is 1.47 bits per heavy atom. The first-order chi connectivity index (χ1) is 8.96. The third kappa shape index (κ3) is 3.18. The van der Waals surface area contributed by atoms with Crippen molar-refractivity contribution in [1.29, 1.82) is 0 Å².